The molecular weight excluding hydrogens is 240 g/mol. The van der Waals surface area contributed by atoms with Crippen LogP contribution in [0.5, 0.6) is 0 Å². The summed E-state index contributed by atoms with van der Waals surface area (Å²) in [6, 6.07) is 17.3. The molecule has 1 nitrogen and oxygen atoms in total. The zero-order valence-corrected chi connectivity index (χ0v) is 10.6. The normalized spacial score (nSPS) is 18.1. The first-order valence-corrected chi connectivity index (χ1v) is 6.98. The Morgan fingerprint density at radius 2 is 1.78 bits per heavy atom. The van der Waals surface area contributed by atoms with E-state index in [0.717, 1.165) is 6.61 Å². The van der Waals surface area contributed by atoms with E-state index in [4.69, 9.17) is 4.74 Å². The zero-order valence-electron chi connectivity index (χ0n) is 9.80. The van der Waals surface area contributed by atoms with Gasteiger partial charge in [-0.25, -0.2) is 0 Å². The van der Waals surface area contributed by atoms with Crippen molar-refractivity contribution in [3.63, 3.8) is 0 Å². The van der Waals surface area contributed by atoms with Gasteiger partial charge < -0.3 is 4.74 Å². The number of benzene rings is 2. The van der Waals surface area contributed by atoms with Crippen molar-refractivity contribution in [1.82, 2.24) is 0 Å². The van der Waals surface area contributed by atoms with Gasteiger partial charge in [-0.3, -0.25) is 0 Å². The van der Waals surface area contributed by atoms with Gasteiger partial charge in [-0.2, -0.15) is 0 Å². The standard InChI is InChI=1S/C16H12OS/c1-2-6-12-11(4-1)5-3-7-13(12)14-8-9-18-16(14)15-10-17-15/h1-9,15H,10H2. The minimum atomic E-state index is 0.332. The summed E-state index contributed by atoms with van der Waals surface area (Å²) >= 11 is 1.80. The molecule has 1 atom stereocenters. The van der Waals surface area contributed by atoms with Crippen LogP contribution in [0.2, 0.25) is 0 Å². The molecule has 1 aromatic heterocycles. The lowest BCUT2D eigenvalue weighted by atomic mass is 9.98. The maximum absolute atomic E-state index is 5.44. The van der Waals surface area contributed by atoms with Crippen molar-refractivity contribution in [2.45, 2.75) is 6.10 Å². The van der Waals surface area contributed by atoms with Crippen LogP contribution in [0, 0.1) is 0 Å². The molecule has 4 rings (SSSR count). The Labute approximate surface area is 110 Å². The Kier molecular flexibility index (Phi) is 2.25. The quantitative estimate of drug-likeness (QED) is 0.605. The summed E-state index contributed by atoms with van der Waals surface area (Å²) in [6.07, 6.45) is 0.332. The molecule has 3 aromatic rings. The smallest absolute Gasteiger partial charge is 0.116 e. The largest absolute Gasteiger partial charge is 0.367 e. The van der Waals surface area contributed by atoms with Crippen LogP contribution < -0.4 is 0 Å². The van der Waals surface area contributed by atoms with Crippen LogP contribution >= 0.6 is 11.3 Å². The highest BCUT2D eigenvalue weighted by atomic mass is 32.1. The highest BCUT2D eigenvalue weighted by Gasteiger charge is 2.29. The van der Waals surface area contributed by atoms with Gasteiger partial charge >= 0.3 is 0 Å². The number of epoxide rings is 1. The van der Waals surface area contributed by atoms with Crippen molar-refractivity contribution >= 4 is 22.1 Å². The first-order chi connectivity index (χ1) is 8.93. The van der Waals surface area contributed by atoms with E-state index in [2.05, 4.69) is 53.9 Å². The Hall–Kier alpha value is -1.64. The average molecular weight is 252 g/mol. The molecule has 2 aromatic carbocycles. The van der Waals surface area contributed by atoms with Crippen molar-refractivity contribution in [1.29, 1.82) is 0 Å². The van der Waals surface area contributed by atoms with Crippen LogP contribution in [0.4, 0.5) is 0 Å². The third-order valence-corrected chi connectivity index (χ3v) is 4.41. The van der Waals surface area contributed by atoms with Gasteiger partial charge in [-0.05, 0) is 33.3 Å². The highest BCUT2D eigenvalue weighted by molar-refractivity contribution is 7.10. The van der Waals surface area contributed by atoms with Crippen LogP contribution in [-0.4, -0.2) is 6.61 Å². The van der Waals surface area contributed by atoms with Crippen molar-refractivity contribution in [2.75, 3.05) is 6.61 Å². The predicted octanol–water partition coefficient (Wildman–Crippen LogP) is 4.64. The first-order valence-electron chi connectivity index (χ1n) is 6.10. The molecule has 18 heavy (non-hydrogen) atoms. The van der Waals surface area contributed by atoms with Gasteiger partial charge in [-0.15, -0.1) is 11.3 Å². The molecule has 2 heterocycles. The van der Waals surface area contributed by atoms with Gasteiger partial charge in [0.15, 0.2) is 0 Å². The van der Waals surface area contributed by atoms with Gasteiger partial charge in [0.05, 0.1) is 6.61 Å². The fourth-order valence-corrected chi connectivity index (χ4v) is 3.40. The minimum absolute atomic E-state index is 0.332. The number of rotatable bonds is 2. The lowest BCUT2D eigenvalue weighted by Crippen LogP contribution is -1.83. The van der Waals surface area contributed by atoms with E-state index in [-0.39, 0.29) is 0 Å². The molecule has 88 valence electrons. The molecule has 1 fully saturated rings. The van der Waals surface area contributed by atoms with E-state index in [1.165, 1.54) is 26.8 Å². The number of fused-ring (bicyclic) bond motifs is 1. The molecule has 0 spiro atoms. The van der Waals surface area contributed by atoms with Crippen molar-refractivity contribution in [2.24, 2.45) is 0 Å². The maximum atomic E-state index is 5.44. The summed E-state index contributed by atoms with van der Waals surface area (Å²) in [5.74, 6) is 0. The Morgan fingerprint density at radius 3 is 2.67 bits per heavy atom. The van der Waals surface area contributed by atoms with E-state index in [0.29, 0.717) is 6.10 Å². The molecule has 0 aliphatic carbocycles. The fraction of sp³-hybridized carbons (Fsp3) is 0.125. The van der Waals surface area contributed by atoms with E-state index in [9.17, 15) is 0 Å². The molecule has 1 unspecified atom stereocenters. The molecule has 0 amide bonds. The van der Waals surface area contributed by atoms with Crippen molar-refractivity contribution in [3.8, 4) is 11.1 Å². The van der Waals surface area contributed by atoms with Crippen LogP contribution in [0.1, 0.15) is 11.0 Å². The first kappa shape index (κ1) is 10.3. The van der Waals surface area contributed by atoms with Crippen LogP contribution in [-0.2, 0) is 4.74 Å². The maximum Gasteiger partial charge on any atom is 0.116 e. The monoisotopic (exact) mass is 252 g/mol. The van der Waals surface area contributed by atoms with Crippen LogP contribution in [0.3, 0.4) is 0 Å². The molecule has 2 heteroatoms. The molecule has 1 saturated heterocycles. The van der Waals surface area contributed by atoms with E-state index < -0.39 is 0 Å². The molecule has 1 aliphatic heterocycles. The van der Waals surface area contributed by atoms with Gasteiger partial charge in [0.2, 0.25) is 0 Å². The van der Waals surface area contributed by atoms with Crippen LogP contribution in [0.15, 0.2) is 53.9 Å². The second-order valence-electron chi connectivity index (χ2n) is 4.55. The van der Waals surface area contributed by atoms with E-state index in [1.807, 2.05) is 0 Å². The second-order valence-corrected chi connectivity index (χ2v) is 5.49. The summed E-state index contributed by atoms with van der Waals surface area (Å²) in [6.45, 7) is 0.873. The van der Waals surface area contributed by atoms with Gasteiger partial charge in [0.25, 0.3) is 0 Å². The Balaban J connectivity index is 1.98. The van der Waals surface area contributed by atoms with E-state index in [1.54, 1.807) is 11.3 Å². The summed E-state index contributed by atoms with van der Waals surface area (Å²) in [7, 11) is 0. The molecule has 1 aliphatic rings. The average Bonchev–Trinajstić information content (AvgIpc) is 3.16. The minimum Gasteiger partial charge on any atom is -0.367 e. The third kappa shape index (κ3) is 1.57. The zero-order chi connectivity index (χ0) is 11.9. The predicted molar refractivity (Wildman–Crippen MR) is 76.0 cm³/mol. The summed E-state index contributed by atoms with van der Waals surface area (Å²) in [5, 5.41) is 4.78. The number of ether oxygens (including phenoxy) is 1. The molecule has 0 radical (unpaired) electrons. The van der Waals surface area contributed by atoms with Crippen LogP contribution in [0.25, 0.3) is 21.9 Å². The Morgan fingerprint density at radius 1 is 0.944 bits per heavy atom. The van der Waals surface area contributed by atoms with E-state index >= 15 is 0 Å². The Bertz CT molecular complexity index is 704. The summed E-state index contributed by atoms with van der Waals surface area (Å²) in [4.78, 5) is 1.37. The third-order valence-electron chi connectivity index (χ3n) is 3.40. The number of hydrogen-bond acceptors (Lipinski definition) is 2. The number of hydrogen-bond donors (Lipinski definition) is 0. The SMILES string of the molecule is c1ccc2c(-c3ccsc3C3CO3)cccc2c1. The lowest BCUT2D eigenvalue weighted by Gasteiger charge is -2.06. The summed E-state index contributed by atoms with van der Waals surface area (Å²) in [5.41, 5.74) is 2.65. The van der Waals surface area contributed by atoms with Crippen molar-refractivity contribution in [3.05, 3.63) is 58.8 Å². The highest BCUT2D eigenvalue weighted by Crippen LogP contribution is 2.42. The summed E-state index contributed by atoms with van der Waals surface area (Å²) < 4.78 is 5.44. The molecule has 0 N–H and O–H groups in total. The molecule has 0 saturated carbocycles. The van der Waals surface area contributed by atoms with Gasteiger partial charge in [0, 0.05) is 4.88 Å². The molecule has 0 bridgehead atoms. The number of thiophene rings is 1. The lowest BCUT2D eigenvalue weighted by molar-refractivity contribution is 0.419. The second kappa shape index (κ2) is 3.94. The van der Waals surface area contributed by atoms with Gasteiger partial charge in [0.1, 0.15) is 6.10 Å². The topological polar surface area (TPSA) is 12.5 Å². The van der Waals surface area contributed by atoms with Crippen molar-refractivity contribution < 1.29 is 4.74 Å². The molecular formula is C16H12OS. The van der Waals surface area contributed by atoms with Gasteiger partial charge in [-0.1, -0.05) is 42.5 Å². The fourth-order valence-electron chi connectivity index (χ4n) is 2.45.